The highest BCUT2D eigenvalue weighted by atomic mass is 16.5. The summed E-state index contributed by atoms with van der Waals surface area (Å²) in [5.74, 6) is -1.56. The van der Waals surface area contributed by atoms with Crippen molar-refractivity contribution < 1.29 is 18.7 Å². The molecular formula is C19H23N3O5. The summed E-state index contributed by atoms with van der Waals surface area (Å²) in [6.07, 6.45) is 2.98. The quantitative estimate of drug-likeness (QED) is 0.742. The Morgan fingerprint density at radius 3 is 2.52 bits per heavy atom. The standard InChI is InChI=1S/C19H23N3O5/c1-13-7-6-8-14(2)22(13)16(23)12-26-17(24)11-21-19(25)27-18(20-21)15-9-4-3-5-10-15/h3-5,9-10,13-14H,6-8,11-12H2,1-2H3/t13-,14+. The Bertz CT molecular complexity index is 848. The minimum Gasteiger partial charge on any atom is -0.454 e. The number of piperidine rings is 1. The van der Waals surface area contributed by atoms with Crippen molar-refractivity contribution in [2.75, 3.05) is 6.61 Å². The second-order valence-electron chi connectivity index (χ2n) is 6.79. The minimum absolute atomic E-state index is 0.125. The molecule has 0 spiro atoms. The van der Waals surface area contributed by atoms with Gasteiger partial charge in [-0.05, 0) is 45.2 Å². The number of nitrogens with zero attached hydrogens (tertiary/aromatic N) is 3. The smallest absolute Gasteiger partial charge is 0.437 e. The summed E-state index contributed by atoms with van der Waals surface area (Å²) in [6.45, 7) is 3.24. The molecule has 144 valence electrons. The molecule has 1 aromatic carbocycles. The number of esters is 1. The molecule has 8 nitrogen and oxygen atoms in total. The zero-order valence-corrected chi connectivity index (χ0v) is 15.5. The van der Waals surface area contributed by atoms with Crippen LogP contribution in [0.15, 0.2) is 39.5 Å². The number of amides is 1. The van der Waals surface area contributed by atoms with Crippen LogP contribution in [0, 0.1) is 0 Å². The molecule has 1 saturated heterocycles. The van der Waals surface area contributed by atoms with Gasteiger partial charge in [-0.25, -0.2) is 4.79 Å². The van der Waals surface area contributed by atoms with Crippen LogP contribution in [0.4, 0.5) is 0 Å². The Balaban J connectivity index is 1.57. The first-order valence-corrected chi connectivity index (χ1v) is 9.06. The van der Waals surface area contributed by atoms with Crippen LogP contribution < -0.4 is 5.76 Å². The van der Waals surface area contributed by atoms with Gasteiger partial charge in [0.15, 0.2) is 6.61 Å². The van der Waals surface area contributed by atoms with Gasteiger partial charge in [0.25, 0.3) is 5.91 Å². The molecule has 0 bridgehead atoms. The van der Waals surface area contributed by atoms with Gasteiger partial charge in [0.2, 0.25) is 5.89 Å². The molecule has 2 heterocycles. The van der Waals surface area contributed by atoms with E-state index in [0.717, 1.165) is 23.9 Å². The fraction of sp³-hybridized carbons (Fsp3) is 0.474. The molecule has 1 aliphatic heterocycles. The van der Waals surface area contributed by atoms with Crippen LogP contribution in [-0.4, -0.2) is 45.2 Å². The third kappa shape index (κ3) is 4.45. The molecule has 0 N–H and O–H groups in total. The summed E-state index contributed by atoms with van der Waals surface area (Å²) in [5.41, 5.74) is 0.630. The summed E-state index contributed by atoms with van der Waals surface area (Å²) in [5, 5.41) is 4.00. The van der Waals surface area contributed by atoms with Gasteiger partial charge >= 0.3 is 11.7 Å². The van der Waals surface area contributed by atoms with Crippen LogP contribution in [0.5, 0.6) is 0 Å². The number of hydrogen-bond acceptors (Lipinski definition) is 6. The van der Waals surface area contributed by atoms with E-state index in [9.17, 15) is 14.4 Å². The molecule has 3 rings (SSSR count). The predicted octanol–water partition coefficient (Wildman–Crippen LogP) is 1.84. The van der Waals surface area contributed by atoms with Gasteiger partial charge in [-0.15, -0.1) is 5.10 Å². The van der Waals surface area contributed by atoms with Crippen LogP contribution in [0.1, 0.15) is 33.1 Å². The van der Waals surface area contributed by atoms with Crippen LogP contribution in [0.3, 0.4) is 0 Å². The van der Waals surface area contributed by atoms with Gasteiger partial charge < -0.3 is 14.1 Å². The number of likely N-dealkylation sites (tertiary alicyclic amines) is 1. The maximum absolute atomic E-state index is 12.4. The fourth-order valence-corrected chi connectivity index (χ4v) is 3.40. The Kier molecular flexibility index (Phi) is 5.73. The fourth-order valence-electron chi connectivity index (χ4n) is 3.40. The molecule has 0 radical (unpaired) electrons. The van der Waals surface area contributed by atoms with Gasteiger partial charge in [0.05, 0.1) is 0 Å². The zero-order valence-electron chi connectivity index (χ0n) is 15.5. The van der Waals surface area contributed by atoms with Gasteiger partial charge in [-0.2, -0.15) is 4.68 Å². The number of carbonyl (C=O) groups excluding carboxylic acids is 2. The van der Waals surface area contributed by atoms with Crippen molar-refractivity contribution in [3.8, 4) is 11.5 Å². The summed E-state index contributed by atoms with van der Waals surface area (Å²) in [4.78, 5) is 38.0. The zero-order chi connectivity index (χ0) is 19.4. The van der Waals surface area contributed by atoms with Gasteiger partial charge in [-0.3, -0.25) is 9.59 Å². The minimum atomic E-state index is -0.754. The molecule has 0 aliphatic carbocycles. The lowest BCUT2D eigenvalue weighted by Gasteiger charge is -2.38. The van der Waals surface area contributed by atoms with E-state index >= 15 is 0 Å². The lowest BCUT2D eigenvalue weighted by atomic mass is 9.97. The highest BCUT2D eigenvalue weighted by molar-refractivity contribution is 5.81. The average molecular weight is 373 g/mol. The van der Waals surface area contributed by atoms with Crippen molar-refractivity contribution in [2.45, 2.75) is 51.7 Å². The monoisotopic (exact) mass is 373 g/mol. The summed E-state index contributed by atoms with van der Waals surface area (Å²) in [7, 11) is 0. The van der Waals surface area contributed by atoms with Crippen molar-refractivity contribution in [2.24, 2.45) is 0 Å². The molecule has 27 heavy (non-hydrogen) atoms. The molecular weight excluding hydrogens is 350 g/mol. The van der Waals surface area contributed by atoms with E-state index in [1.54, 1.807) is 29.2 Å². The summed E-state index contributed by atoms with van der Waals surface area (Å²) in [6, 6.07) is 9.16. The Hall–Kier alpha value is -2.90. The van der Waals surface area contributed by atoms with E-state index < -0.39 is 18.3 Å². The molecule has 2 atom stereocenters. The van der Waals surface area contributed by atoms with Crippen LogP contribution >= 0.6 is 0 Å². The number of carbonyl (C=O) groups is 2. The normalized spacial score (nSPS) is 19.7. The van der Waals surface area contributed by atoms with Gasteiger partial charge in [0.1, 0.15) is 6.54 Å². The molecule has 1 aromatic heterocycles. The lowest BCUT2D eigenvalue weighted by molar-refractivity contribution is -0.155. The predicted molar refractivity (Wildman–Crippen MR) is 96.8 cm³/mol. The Morgan fingerprint density at radius 1 is 1.19 bits per heavy atom. The maximum Gasteiger partial charge on any atom is 0.437 e. The van der Waals surface area contributed by atoms with Crippen molar-refractivity contribution in [3.63, 3.8) is 0 Å². The van der Waals surface area contributed by atoms with E-state index in [0.29, 0.717) is 5.56 Å². The SMILES string of the molecule is C[C@@H]1CCC[C@H](C)N1C(=O)COC(=O)Cn1nc(-c2ccccc2)oc1=O. The van der Waals surface area contributed by atoms with Gasteiger partial charge in [-0.1, -0.05) is 18.2 Å². The number of ether oxygens (including phenoxy) is 1. The van der Waals surface area contributed by atoms with Crippen LogP contribution in [0.2, 0.25) is 0 Å². The first-order chi connectivity index (χ1) is 13.0. The Morgan fingerprint density at radius 2 is 1.85 bits per heavy atom. The first kappa shape index (κ1) is 18.9. The van der Waals surface area contributed by atoms with Crippen molar-refractivity contribution in [3.05, 3.63) is 40.9 Å². The number of rotatable bonds is 5. The third-order valence-corrected chi connectivity index (χ3v) is 4.74. The first-order valence-electron chi connectivity index (χ1n) is 9.06. The van der Waals surface area contributed by atoms with Crippen LogP contribution in [-0.2, 0) is 20.9 Å². The number of aromatic nitrogens is 2. The molecule has 1 amide bonds. The number of benzene rings is 1. The van der Waals surface area contributed by atoms with Crippen LogP contribution in [0.25, 0.3) is 11.5 Å². The summed E-state index contributed by atoms with van der Waals surface area (Å²) >= 11 is 0. The molecule has 1 aliphatic rings. The van der Waals surface area contributed by atoms with Crippen molar-refractivity contribution >= 4 is 11.9 Å². The average Bonchev–Trinajstić information content (AvgIpc) is 3.01. The Labute approximate surface area is 156 Å². The maximum atomic E-state index is 12.4. The second kappa shape index (κ2) is 8.20. The topological polar surface area (TPSA) is 94.6 Å². The largest absolute Gasteiger partial charge is 0.454 e. The molecule has 2 aromatic rings. The van der Waals surface area contributed by atoms with Gasteiger partial charge in [0, 0.05) is 17.6 Å². The molecule has 8 heteroatoms. The molecule has 0 unspecified atom stereocenters. The third-order valence-electron chi connectivity index (χ3n) is 4.74. The highest BCUT2D eigenvalue weighted by Crippen LogP contribution is 2.22. The number of hydrogen-bond donors (Lipinski definition) is 0. The van der Waals surface area contributed by atoms with E-state index in [-0.39, 0.29) is 30.5 Å². The lowest BCUT2D eigenvalue weighted by Crippen LogP contribution is -2.49. The molecule has 1 fully saturated rings. The second-order valence-corrected chi connectivity index (χ2v) is 6.79. The van der Waals surface area contributed by atoms with Crippen molar-refractivity contribution in [1.82, 2.24) is 14.7 Å². The van der Waals surface area contributed by atoms with Crippen molar-refractivity contribution in [1.29, 1.82) is 0 Å². The summed E-state index contributed by atoms with van der Waals surface area (Å²) < 4.78 is 11.0. The van der Waals surface area contributed by atoms with E-state index in [2.05, 4.69) is 5.10 Å². The van der Waals surface area contributed by atoms with E-state index in [1.807, 2.05) is 19.9 Å². The highest BCUT2D eigenvalue weighted by Gasteiger charge is 2.29. The van der Waals surface area contributed by atoms with E-state index in [1.165, 1.54) is 0 Å². The van der Waals surface area contributed by atoms with E-state index in [4.69, 9.17) is 9.15 Å². The molecule has 0 saturated carbocycles.